The Kier molecular flexibility index (Phi) is 6.20. The SMILES string of the molecule is CC1(CN2CCC(NC(=O)Cc3ccc(C(F)(F)F)cc3)C[C@@H]2[N+](=O)[O-])NC=CN1. The van der Waals surface area contributed by atoms with Crippen LogP contribution in [0.3, 0.4) is 0 Å². The van der Waals surface area contributed by atoms with E-state index in [1.807, 2.05) is 6.92 Å². The number of nitrogens with one attached hydrogen (secondary N) is 3. The Morgan fingerprint density at radius 1 is 1.30 bits per heavy atom. The first-order valence-corrected chi connectivity index (χ1v) is 9.59. The summed E-state index contributed by atoms with van der Waals surface area (Å²) in [5.74, 6) is -0.370. The van der Waals surface area contributed by atoms with Crippen LogP contribution in [0.1, 0.15) is 30.9 Å². The summed E-state index contributed by atoms with van der Waals surface area (Å²) in [6.45, 7) is 2.76. The fourth-order valence-electron chi connectivity index (χ4n) is 3.79. The Morgan fingerprint density at radius 3 is 2.50 bits per heavy atom. The molecule has 2 aliphatic heterocycles. The van der Waals surface area contributed by atoms with E-state index in [-0.39, 0.29) is 29.7 Å². The summed E-state index contributed by atoms with van der Waals surface area (Å²) in [5, 5.41) is 20.6. The van der Waals surface area contributed by atoms with Gasteiger partial charge in [0, 0.05) is 36.5 Å². The molecule has 0 radical (unpaired) electrons. The molecular formula is C19H24F3N5O3. The third kappa shape index (κ3) is 5.41. The van der Waals surface area contributed by atoms with Gasteiger partial charge in [0.2, 0.25) is 5.91 Å². The highest BCUT2D eigenvalue weighted by molar-refractivity contribution is 5.78. The molecule has 0 spiro atoms. The molecule has 11 heteroatoms. The molecule has 0 saturated carbocycles. The first-order chi connectivity index (χ1) is 14.1. The van der Waals surface area contributed by atoms with E-state index in [9.17, 15) is 28.1 Å². The van der Waals surface area contributed by atoms with Crippen molar-refractivity contribution >= 4 is 5.91 Å². The van der Waals surface area contributed by atoms with Crippen LogP contribution in [-0.2, 0) is 17.4 Å². The van der Waals surface area contributed by atoms with E-state index in [4.69, 9.17) is 0 Å². The summed E-state index contributed by atoms with van der Waals surface area (Å²) in [4.78, 5) is 25.3. The van der Waals surface area contributed by atoms with E-state index >= 15 is 0 Å². The summed E-state index contributed by atoms with van der Waals surface area (Å²) >= 11 is 0. The summed E-state index contributed by atoms with van der Waals surface area (Å²) in [5.41, 5.74) is -0.821. The van der Waals surface area contributed by atoms with Gasteiger partial charge in [-0.15, -0.1) is 0 Å². The van der Waals surface area contributed by atoms with Crippen molar-refractivity contribution in [3.63, 3.8) is 0 Å². The van der Waals surface area contributed by atoms with Crippen LogP contribution in [0.15, 0.2) is 36.7 Å². The lowest BCUT2D eigenvalue weighted by Crippen LogP contribution is -2.61. The summed E-state index contributed by atoms with van der Waals surface area (Å²) < 4.78 is 37.9. The van der Waals surface area contributed by atoms with Crippen LogP contribution < -0.4 is 16.0 Å². The minimum Gasteiger partial charge on any atom is -0.367 e. The minimum atomic E-state index is -4.43. The molecule has 2 aliphatic rings. The van der Waals surface area contributed by atoms with E-state index < -0.39 is 23.6 Å². The lowest BCUT2D eigenvalue weighted by Gasteiger charge is -2.39. The van der Waals surface area contributed by atoms with Crippen molar-refractivity contribution in [2.45, 2.75) is 50.2 Å². The number of carbonyl (C=O) groups excluding carboxylic acids is 1. The van der Waals surface area contributed by atoms with Crippen molar-refractivity contribution in [1.82, 2.24) is 20.9 Å². The highest BCUT2D eigenvalue weighted by Crippen LogP contribution is 2.29. The Labute approximate surface area is 171 Å². The zero-order valence-electron chi connectivity index (χ0n) is 16.4. The van der Waals surface area contributed by atoms with Gasteiger partial charge in [0.05, 0.1) is 18.4 Å². The van der Waals surface area contributed by atoms with Gasteiger partial charge in [-0.2, -0.15) is 13.2 Å². The zero-order chi connectivity index (χ0) is 21.9. The number of alkyl halides is 3. The fourth-order valence-corrected chi connectivity index (χ4v) is 3.79. The highest BCUT2D eigenvalue weighted by atomic mass is 19.4. The second-order valence-corrected chi connectivity index (χ2v) is 7.85. The molecule has 1 saturated heterocycles. The van der Waals surface area contributed by atoms with Crippen molar-refractivity contribution in [1.29, 1.82) is 0 Å². The average molecular weight is 427 g/mol. The van der Waals surface area contributed by atoms with Crippen molar-refractivity contribution in [3.05, 3.63) is 57.9 Å². The predicted octanol–water partition coefficient (Wildman–Crippen LogP) is 1.81. The Bertz CT molecular complexity index is 805. The molecule has 0 aromatic heterocycles. The number of rotatable bonds is 6. The second-order valence-electron chi connectivity index (χ2n) is 7.85. The molecule has 1 amide bonds. The smallest absolute Gasteiger partial charge is 0.367 e. The molecule has 1 unspecified atom stereocenters. The molecule has 0 aliphatic carbocycles. The molecule has 1 fully saturated rings. The van der Waals surface area contributed by atoms with Gasteiger partial charge in [-0.3, -0.25) is 14.9 Å². The van der Waals surface area contributed by atoms with Gasteiger partial charge in [0.1, 0.15) is 5.66 Å². The van der Waals surface area contributed by atoms with Gasteiger partial charge in [-0.25, -0.2) is 4.90 Å². The maximum Gasteiger partial charge on any atom is 0.416 e. The number of hydrogen-bond acceptors (Lipinski definition) is 6. The maximum absolute atomic E-state index is 12.6. The van der Waals surface area contributed by atoms with Gasteiger partial charge < -0.3 is 16.0 Å². The van der Waals surface area contributed by atoms with Gasteiger partial charge in [-0.1, -0.05) is 12.1 Å². The first-order valence-electron chi connectivity index (χ1n) is 9.59. The van der Waals surface area contributed by atoms with E-state index in [0.29, 0.717) is 25.1 Å². The molecule has 8 nitrogen and oxygen atoms in total. The van der Waals surface area contributed by atoms with Gasteiger partial charge in [0.25, 0.3) is 6.17 Å². The van der Waals surface area contributed by atoms with Crippen LogP contribution in [0.25, 0.3) is 0 Å². The normalized spacial score (nSPS) is 23.5. The summed E-state index contributed by atoms with van der Waals surface area (Å²) in [7, 11) is 0. The van der Waals surface area contributed by atoms with Crippen molar-refractivity contribution in [2.75, 3.05) is 13.1 Å². The quantitative estimate of drug-likeness (QED) is 0.473. The minimum absolute atomic E-state index is 0.0843. The van der Waals surface area contributed by atoms with E-state index in [0.717, 1.165) is 12.1 Å². The van der Waals surface area contributed by atoms with Crippen LogP contribution in [0.5, 0.6) is 0 Å². The Balaban J connectivity index is 1.54. The molecule has 3 N–H and O–H groups in total. The first kappa shape index (κ1) is 21.9. The van der Waals surface area contributed by atoms with Crippen LogP contribution in [0.4, 0.5) is 13.2 Å². The van der Waals surface area contributed by atoms with Crippen LogP contribution in [0, 0.1) is 10.1 Å². The van der Waals surface area contributed by atoms with Gasteiger partial charge in [0.15, 0.2) is 0 Å². The lowest BCUT2D eigenvalue weighted by molar-refractivity contribution is -0.555. The largest absolute Gasteiger partial charge is 0.416 e. The predicted molar refractivity (Wildman–Crippen MR) is 102 cm³/mol. The number of halogens is 3. The molecule has 2 atom stereocenters. The summed E-state index contributed by atoms with van der Waals surface area (Å²) in [6, 6.07) is 4.03. The molecule has 164 valence electrons. The van der Waals surface area contributed by atoms with E-state index in [1.54, 1.807) is 17.3 Å². The molecule has 1 aromatic carbocycles. The number of hydrogen-bond donors (Lipinski definition) is 3. The second kappa shape index (κ2) is 8.50. The fraction of sp³-hybridized carbons (Fsp3) is 0.526. The topological polar surface area (TPSA) is 99.5 Å². The summed E-state index contributed by atoms with van der Waals surface area (Å²) in [6.07, 6.45) is -1.24. The maximum atomic E-state index is 12.6. The van der Waals surface area contributed by atoms with Crippen molar-refractivity contribution < 1.29 is 22.9 Å². The van der Waals surface area contributed by atoms with Gasteiger partial charge in [-0.05, 0) is 31.0 Å². The number of nitrogens with zero attached hydrogens (tertiary/aromatic N) is 2. The van der Waals surface area contributed by atoms with Gasteiger partial charge >= 0.3 is 6.18 Å². The van der Waals surface area contributed by atoms with Crippen LogP contribution in [-0.4, -0.2) is 46.7 Å². The number of nitro groups is 1. The average Bonchev–Trinajstić information content (AvgIpc) is 3.08. The number of amides is 1. The van der Waals surface area contributed by atoms with E-state index in [1.165, 1.54) is 12.1 Å². The molecule has 0 bridgehead atoms. The molecular weight excluding hydrogens is 403 g/mol. The third-order valence-corrected chi connectivity index (χ3v) is 5.34. The Hall–Kier alpha value is -2.82. The highest BCUT2D eigenvalue weighted by Gasteiger charge is 2.40. The third-order valence-electron chi connectivity index (χ3n) is 5.34. The molecule has 30 heavy (non-hydrogen) atoms. The number of carbonyl (C=O) groups is 1. The molecule has 3 rings (SSSR count). The monoisotopic (exact) mass is 427 g/mol. The van der Waals surface area contributed by atoms with Crippen LogP contribution >= 0.6 is 0 Å². The van der Waals surface area contributed by atoms with Crippen molar-refractivity contribution in [3.8, 4) is 0 Å². The molecule has 2 heterocycles. The number of benzene rings is 1. The zero-order valence-corrected chi connectivity index (χ0v) is 16.4. The van der Waals surface area contributed by atoms with Crippen molar-refractivity contribution in [2.24, 2.45) is 0 Å². The number of piperidine rings is 1. The molecule has 1 aromatic rings. The number of likely N-dealkylation sites (tertiary alicyclic amines) is 1. The van der Waals surface area contributed by atoms with Crippen LogP contribution in [0.2, 0.25) is 0 Å². The van der Waals surface area contributed by atoms with E-state index in [2.05, 4.69) is 16.0 Å². The standard InChI is InChI=1S/C19H24F3N5O3/c1-18(23-7-8-24-18)12-26-9-6-15(11-17(26)27(29)30)25-16(28)10-13-2-4-14(5-3-13)19(20,21)22/h2-5,7-8,15,17,23-24H,6,9-12H2,1H3,(H,25,28)/t15?,17-/m0/s1. The lowest BCUT2D eigenvalue weighted by atomic mass is 10.00. The Morgan fingerprint density at radius 2 is 1.93 bits per heavy atom.